The van der Waals surface area contributed by atoms with Crippen molar-refractivity contribution in [3.05, 3.63) is 0 Å². The van der Waals surface area contributed by atoms with E-state index in [-0.39, 0.29) is 0 Å². The fourth-order valence-corrected chi connectivity index (χ4v) is 1.67. The van der Waals surface area contributed by atoms with Gasteiger partial charge in [0.05, 0.1) is 0 Å². The monoisotopic (exact) mass is 127 g/mol. The highest BCUT2D eigenvalue weighted by molar-refractivity contribution is 4.71. The first kappa shape index (κ1) is 7.07. The number of rotatable bonds is 2. The molecular formula is C8H17N. The van der Waals surface area contributed by atoms with Crippen LogP contribution in [0.25, 0.3) is 0 Å². The van der Waals surface area contributed by atoms with Gasteiger partial charge in [0.15, 0.2) is 0 Å². The Balaban J connectivity index is 2.14. The maximum Gasteiger partial charge on any atom is 0.000708 e. The minimum Gasteiger partial charge on any atom is -0.306 e. The van der Waals surface area contributed by atoms with Gasteiger partial charge in [-0.25, -0.2) is 0 Å². The van der Waals surface area contributed by atoms with E-state index in [0.29, 0.717) is 0 Å². The normalized spacial score (nSPS) is 29.3. The van der Waals surface area contributed by atoms with Crippen LogP contribution in [0, 0.1) is 5.92 Å². The number of likely N-dealkylation sites (tertiary alicyclic amines) is 1. The van der Waals surface area contributed by atoms with Crippen LogP contribution in [0.1, 0.15) is 26.2 Å². The molecular weight excluding hydrogens is 110 g/mol. The first-order valence-corrected chi connectivity index (χ1v) is 4.01. The quantitative estimate of drug-likeness (QED) is 0.546. The molecule has 0 unspecified atom stereocenters. The summed E-state index contributed by atoms with van der Waals surface area (Å²) in [5, 5.41) is 0. The minimum atomic E-state index is 1.01. The molecule has 54 valence electrons. The van der Waals surface area contributed by atoms with E-state index in [2.05, 4.69) is 18.9 Å². The van der Waals surface area contributed by atoms with Gasteiger partial charge in [0.1, 0.15) is 0 Å². The van der Waals surface area contributed by atoms with Crippen molar-refractivity contribution < 1.29 is 0 Å². The lowest BCUT2D eigenvalue weighted by Crippen LogP contribution is -2.13. The lowest BCUT2D eigenvalue weighted by atomic mass is 10.0. The standard InChI is InChI=1S/C8H17N/c1-3-4-8-5-6-9(2)7-8/h8H,3-7H2,1-2H3/t8-/m1/s1. The molecule has 0 aromatic heterocycles. The number of hydrogen-bond acceptors (Lipinski definition) is 1. The first-order chi connectivity index (χ1) is 4.33. The molecule has 1 aliphatic heterocycles. The Labute approximate surface area is 58.0 Å². The fraction of sp³-hybridized carbons (Fsp3) is 1.00. The van der Waals surface area contributed by atoms with Gasteiger partial charge < -0.3 is 4.90 Å². The maximum atomic E-state index is 2.43. The molecule has 0 N–H and O–H groups in total. The second kappa shape index (κ2) is 3.21. The van der Waals surface area contributed by atoms with Crippen molar-refractivity contribution in [3.63, 3.8) is 0 Å². The zero-order chi connectivity index (χ0) is 6.69. The summed E-state index contributed by atoms with van der Waals surface area (Å²) in [6, 6.07) is 0. The summed E-state index contributed by atoms with van der Waals surface area (Å²) in [4.78, 5) is 2.43. The summed E-state index contributed by atoms with van der Waals surface area (Å²) in [5.41, 5.74) is 0. The predicted molar refractivity (Wildman–Crippen MR) is 40.5 cm³/mol. The summed E-state index contributed by atoms with van der Waals surface area (Å²) in [7, 11) is 2.22. The van der Waals surface area contributed by atoms with Gasteiger partial charge in [-0.15, -0.1) is 0 Å². The molecule has 1 heteroatoms. The van der Waals surface area contributed by atoms with Crippen LogP contribution in [0.3, 0.4) is 0 Å². The summed E-state index contributed by atoms with van der Waals surface area (Å²) in [6.45, 7) is 4.94. The Morgan fingerprint density at radius 2 is 2.33 bits per heavy atom. The van der Waals surface area contributed by atoms with Gasteiger partial charge in [-0.3, -0.25) is 0 Å². The number of hydrogen-bond donors (Lipinski definition) is 0. The maximum absolute atomic E-state index is 2.43. The van der Waals surface area contributed by atoms with Gasteiger partial charge in [0.2, 0.25) is 0 Å². The number of nitrogens with zero attached hydrogens (tertiary/aromatic N) is 1. The molecule has 0 saturated carbocycles. The molecule has 1 heterocycles. The first-order valence-electron chi connectivity index (χ1n) is 4.01. The lowest BCUT2D eigenvalue weighted by molar-refractivity contribution is 0.387. The topological polar surface area (TPSA) is 3.24 Å². The average Bonchev–Trinajstić information content (AvgIpc) is 2.17. The van der Waals surface area contributed by atoms with E-state index in [0.717, 1.165) is 5.92 Å². The van der Waals surface area contributed by atoms with E-state index in [1.54, 1.807) is 0 Å². The molecule has 0 aromatic carbocycles. The van der Waals surface area contributed by atoms with E-state index in [1.165, 1.54) is 32.4 Å². The highest BCUT2D eigenvalue weighted by Crippen LogP contribution is 2.18. The van der Waals surface area contributed by atoms with Crippen LogP contribution >= 0.6 is 0 Å². The van der Waals surface area contributed by atoms with Crippen LogP contribution in [0.4, 0.5) is 0 Å². The zero-order valence-corrected chi connectivity index (χ0v) is 6.56. The molecule has 0 radical (unpaired) electrons. The molecule has 1 saturated heterocycles. The molecule has 0 aliphatic carbocycles. The van der Waals surface area contributed by atoms with E-state index in [4.69, 9.17) is 0 Å². The Bertz CT molecular complexity index is 78.6. The second-order valence-corrected chi connectivity index (χ2v) is 3.21. The second-order valence-electron chi connectivity index (χ2n) is 3.21. The van der Waals surface area contributed by atoms with Crippen LogP contribution in [0.2, 0.25) is 0 Å². The van der Waals surface area contributed by atoms with Crippen LogP contribution < -0.4 is 0 Å². The van der Waals surface area contributed by atoms with Crippen molar-refractivity contribution in [2.24, 2.45) is 5.92 Å². The SMILES string of the molecule is CCC[C@@H]1CCN(C)C1. The molecule has 1 fully saturated rings. The summed E-state index contributed by atoms with van der Waals surface area (Å²) >= 11 is 0. The van der Waals surface area contributed by atoms with Gasteiger partial charge in [0, 0.05) is 6.54 Å². The van der Waals surface area contributed by atoms with Crippen LogP contribution in [-0.2, 0) is 0 Å². The summed E-state index contributed by atoms with van der Waals surface area (Å²) < 4.78 is 0. The molecule has 1 rings (SSSR count). The highest BCUT2D eigenvalue weighted by Gasteiger charge is 2.17. The fourth-order valence-electron chi connectivity index (χ4n) is 1.67. The van der Waals surface area contributed by atoms with Crippen molar-refractivity contribution in [2.75, 3.05) is 20.1 Å². The molecule has 0 bridgehead atoms. The van der Waals surface area contributed by atoms with Gasteiger partial charge >= 0.3 is 0 Å². The van der Waals surface area contributed by atoms with Crippen LogP contribution in [0.5, 0.6) is 0 Å². The third-order valence-corrected chi connectivity index (χ3v) is 2.19. The van der Waals surface area contributed by atoms with Crippen molar-refractivity contribution in [2.45, 2.75) is 26.2 Å². The Hall–Kier alpha value is -0.0400. The zero-order valence-electron chi connectivity index (χ0n) is 6.56. The van der Waals surface area contributed by atoms with Crippen molar-refractivity contribution in [1.29, 1.82) is 0 Å². The van der Waals surface area contributed by atoms with Crippen LogP contribution in [-0.4, -0.2) is 25.0 Å². The van der Waals surface area contributed by atoms with E-state index in [9.17, 15) is 0 Å². The summed E-state index contributed by atoms with van der Waals surface area (Å²) in [6.07, 6.45) is 4.23. The third kappa shape index (κ3) is 1.98. The van der Waals surface area contributed by atoms with Gasteiger partial charge in [-0.05, 0) is 32.4 Å². The highest BCUT2D eigenvalue weighted by atomic mass is 15.1. The largest absolute Gasteiger partial charge is 0.306 e. The molecule has 9 heavy (non-hydrogen) atoms. The third-order valence-electron chi connectivity index (χ3n) is 2.19. The van der Waals surface area contributed by atoms with E-state index in [1.807, 2.05) is 0 Å². The molecule has 1 aliphatic rings. The molecule has 0 spiro atoms. The molecule has 1 nitrogen and oxygen atoms in total. The van der Waals surface area contributed by atoms with Crippen molar-refractivity contribution in [3.8, 4) is 0 Å². The smallest absolute Gasteiger partial charge is 0.000708 e. The van der Waals surface area contributed by atoms with Crippen molar-refractivity contribution >= 4 is 0 Å². The molecule has 0 aromatic rings. The summed E-state index contributed by atoms with van der Waals surface area (Å²) in [5.74, 6) is 1.01. The molecule has 1 atom stereocenters. The van der Waals surface area contributed by atoms with Gasteiger partial charge in [-0.2, -0.15) is 0 Å². The van der Waals surface area contributed by atoms with Gasteiger partial charge in [-0.1, -0.05) is 13.3 Å². The van der Waals surface area contributed by atoms with Crippen molar-refractivity contribution in [1.82, 2.24) is 4.90 Å². The van der Waals surface area contributed by atoms with E-state index < -0.39 is 0 Å². The van der Waals surface area contributed by atoms with Gasteiger partial charge in [0.25, 0.3) is 0 Å². The Morgan fingerprint density at radius 3 is 2.78 bits per heavy atom. The Kier molecular flexibility index (Phi) is 2.52. The minimum absolute atomic E-state index is 1.01. The average molecular weight is 127 g/mol. The predicted octanol–water partition coefficient (Wildman–Crippen LogP) is 1.74. The lowest BCUT2D eigenvalue weighted by Gasteiger charge is -2.07. The molecule has 0 amide bonds. The Morgan fingerprint density at radius 1 is 1.56 bits per heavy atom. The van der Waals surface area contributed by atoms with Crippen LogP contribution in [0.15, 0.2) is 0 Å². The van der Waals surface area contributed by atoms with E-state index >= 15 is 0 Å².